The fourth-order valence-corrected chi connectivity index (χ4v) is 4.66. The highest BCUT2D eigenvalue weighted by atomic mass is 19.1. The van der Waals surface area contributed by atoms with E-state index < -0.39 is 0 Å². The predicted octanol–water partition coefficient (Wildman–Crippen LogP) is 7.96. The summed E-state index contributed by atoms with van der Waals surface area (Å²) >= 11 is 0. The van der Waals surface area contributed by atoms with Crippen LogP contribution < -0.4 is 0 Å². The van der Waals surface area contributed by atoms with Gasteiger partial charge in [-0.1, -0.05) is 62.9 Å². The molecule has 1 aliphatic rings. The van der Waals surface area contributed by atoms with E-state index in [1.54, 1.807) is 6.07 Å². The van der Waals surface area contributed by atoms with Gasteiger partial charge in [-0.05, 0) is 85.3 Å². The largest absolute Gasteiger partial charge is 0.207 e. The van der Waals surface area contributed by atoms with Gasteiger partial charge in [0.15, 0.2) is 0 Å². The first-order valence-corrected chi connectivity index (χ1v) is 10.5. The summed E-state index contributed by atoms with van der Waals surface area (Å²) in [5.41, 5.74) is 5.55. The van der Waals surface area contributed by atoms with Crippen LogP contribution in [0.25, 0.3) is 11.1 Å². The van der Waals surface area contributed by atoms with E-state index >= 15 is 0 Å². The Morgan fingerprint density at radius 3 is 2.23 bits per heavy atom. The van der Waals surface area contributed by atoms with Crippen LogP contribution in [0, 0.1) is 25.6 Å². The first-order valence-electron chi connectivity index (χ1n) is 10.5. The van der Waals surface area contributed by atoms with Crippen molar-refractivity contribution in [1.29, 1.82) is 0 Å². The van der Waals surface area contributed by atoms with Crippen LogP contribution >= 0.6 is 0 Å². The Kier molecular flexibility index (Phi) is 6.51. The second-order valence-corrected chi connectivity index (χ2v) is 8.20. The summed E-state index contributed by atoms with van der Waals surface area (Å²) in [6.45, 7) is 6.23. The van der Waals surface area contributed by atoms with Gasteiger partial charge in [-0.15, -0.1) is 0 Å². The van der Waals surface area contributed by atoms with Gasteiger partial charge in [0.1, 0.15) is 5.82 Å². The number of aryl methyl sites for hydroxylation is 1. The first-order chi connectivity index (χ1) is 12.6. The summed E-state index contributed by atoms with van der Waals surface area (Å²) in [5.74, 6) is 1.55. The molecule has 0 nitrogen and oxygen atoms in total. The highest BCUT2D eigenvalue weighted by Gasteiger charge is 2.22. The quantitative estimate of drug-likeness (QED) is 0.462. The van der Waals surface area contributed by atoms with Crippen molar-refractivity contribution >= 4 is 0 Å². The molecule has 1 saturated carbocycles. The molecule has 140 valence electrons. The van der Waals surface area contributed by atoms with Crippen LogP contribution in [0.3, 0.4) is 0 Å². The zero-order chi connectivity index (χ0) is 18.5. The van der Waals surface area contributed by atoms with Crippen molar-refractivity contribution < 1.29 is 4.39 Å². The number of hydrogen-bond acceptors (Lipinski definition) is 0. The van der Waals surface area contributed by atoms with Crippen molar-refractivity contribution in [3.05, 3.63) is 58.9 Å². The van der Waals surface area contributed by atoms with Crippen molar-refractivity contribution in [2.75, 3.05) is 0 Å². The molecule has 3 rings (SSSR count). The van der Waals surface area contributed by atoms with E-state index in [1.807, 2.05) is 13.0 Å². The van der Waals surface area contributed by atoms with Gasteiger partial charge in [-0.3, -0.25) is 0 Å². The third-order valence-corrected chi connectivity index (χ3v) is 6.34. The average molecular weight is 353 g/mol. The predicted molar refractivity (Wildman–Crippen MR) is 110 cm³/mol. The van der Waals surface area contributed by atoms with Gasteiger partial charge in [0.25, 0.3) is 0 Å². The third kappa shape index (κ3) is 4.37. The molecular formula is C25H33F. The molecule has 1 heteroatoms. The summed E-state index contributed by atoms with van der Waals surface area (Å²) in [5, 5.41) is 0. The van der Waals surface area contributed by atoms with Crippen LogP contribution in [-0.4, -0.2) is 0 Å². The Balaban J connectivity index is 1.65. The lowest BCUT2D eigenvalue weighted by Gasteiger charge is -2.29. The lowest BCUT2D eigenvalue weighted by molar-refractivity contribution is 0.303. The van der Waals surface area contributed by atoms with E-state index in [1.165, 1.54) is 56.9 Å². The van der Waals surface area contributed by atoms with Crippen molar-refractivity contribution in [2.24, 2.45) is 5.92 Å². The number of halogens is 1. The van der Waals surface area contributed by atoms with Gasteiger partial charge in [0, 0.05) is 0 Å². The molecule has 0 N–H and O–H groups in total. The summed E-state index contributed by atoms with van der Waals surface area (Å²) in [6.07, 6.45) is 11.0. The van der Waals surface area contributed by atoms with Gasteiger partial charge in [0.2, 0.25) is 0 Å². The maximum Gasteiger partial charge on any atom is 0.126 e. The fourth-order valence-electron chi connectivity index (χ4n) is 4.66. The monoisotopic (exact) mass is 352 g/mol. The Bertz CT molecular complexity index is 706. The van der Waals surface area contributed by atoms with Crippen molar-refractivity contribution in [3.63, 3.8) is 0 Å². The molecule has 0 radical (unpaired) electrons. The van der Waals surface area contributed by atoms with E-state index in [0.717, 1.165) is 28.2 Å². The van der Waals surface area contributed by atoms with Crippen LogP contribution in [0.2, 0.25) is 0 Å². The van der Waals surface area contributed by atoms with E-state index in [4.69, 9.17) is 0 Å². The summed E-state index contributed by atoms with van der Waals surface area (Å²) < 4.78 is 14.0. The molecule has 0 atom stereocenters. The van der Waals surface area contributed by atoms with Gasteiger partial charge in [-0.2, -0.15) is 0 Å². The van der Waals surface area contributed by atoms with Gasteiger partial charge in [0.05, 0.1) is 0 Å². The fraction of sp³-hybridized carbons (Fsp3) is 0.520. The Morgan fingerprint density at radius 2 is 1.58 bits per heavy atom. The molecule has 0 spiro atoms. The summed E-state index contributed by atoms with van der Waals surface area (Å²) in [7, 11) is 0. The molecule has 0 heterocycles. The van der Waals surface area contributed by atoms with Crippen molar-refractivity contribution in [3.8, 4) is 11.1 Å². The van der Waals surface area contributed by atoms with Gasteiger partial charge in [-0.25, -0.2) is 4.39 Å². The summed E-state index contributed by atoms with van der Waals surface area (Å²) in [4.78, 5) is 0. The van der Waals surface area contributed by atoms with Crippen LogP contribution in [0.4, 0.5) is 4.39 Å². The number of benzene rings is 2. The van der Waals surface area contributed by atoms with Gasteiger partial charge >= 0.3 is 0 Å². The molecule has 2 aromatic rings. The normalized spacial score (nSPS) is 20.3. The van der Waals surface area contributed by atoms with Crippen LogP contribution in [0.15, 0.2) is 36.4 Å². The molecule has 26 heavy (non-hydrogen) atoms. The maximum atomic E-state index is 14.0. The van der Waals surface area contributed by atoms with E-state index in [-0.39, 0.29) is 5.82 Å². The molecule has 0 amide bonds. The van der Waals surface area contributed by atoms with Crippen LogP contribution in [0.1, 0.15) is 80.9 Å². The second-order valence-electron chi connectivity index (χ2n) is 8.20. The van der Waals surface area contributed by atoms with Crippen LogP contribution in [-0.2, 0) is 0 Å². The lowest BCUT2D eigenvalue weighted by Crippen LogP contribution is -2.13. The van der Waals surface area contributed by atoms with E-state index in [2.05, 4.69) is 38.1 Å². The minimum absolute atomic E-state index is 0.115. The lowest BCUT2D eigenvalue weighted by atomic mass is 9.77. The maximum absolute atomic E-state index is 14.0. The molecule has 2 aromatic carbocycles. The zero-order valence-electron chi connectivity index (χ0n) is 16.7. The Labute approximate surface area is 158 Å². The molecule has 0 aromatic heterocycles. The third-order valence-electron chi connectivity index (χ3n) is 6.34. The second kappa shape index (κ2) is 8.84. The number of unbranched alkanes of at least 4 members (excludes halogenated alkanes) is 2. The Morgan fingerprint density at radius 1 is 0.885 bits per heavy atom. The standard InChI is InChI=1S/C25H33F/c1-4-5-6-7-20-9-11-21(12-10-20)22-13-15-23(16-14-22)25-18(2)8-17-24(26)19(25)3/h8,13-17,20-21H,4-7,9-12H2,1-3H3. The topological polar surface area (TPSA) is 0 Å². The van der Waals surface area contributed by atoms with Crippen LogP contribution in [0.5, 0.6) is 0 Å². The number of hydrogen-bond donors (Lipinski definition) is 0. The average Bonchev–Trinajstić information content (AvgIpc) is 2.66. The molecule has 0 unspecified atom stereocenters. The first kappa shape index (κ1) is 19.1. The van der Waals surface area contributed by atoms with Gasteiger partial charge < -0.3 is 0 Å². The molecule has 0 aliphatic heterocycles. The smallest absolute Gasteiger partial charge is 0.126 e. The molecular weight excluding hydrogens is 319 g/mol. The minimum atomic E-state index is -0.115. The highest BCUT2D eigenvalue weighted by Crippen LogP contribution is 2.38. The molecule has 1 fully saturated rings. The molecule has 1 aliphatic carbocycles. The van der Waals surface area contributed by atoms with Crippen molar-refractivity contribution in [2.45, 2.75) is 78.1 Å². The van der Waals surface area contributed by atoms with E-state index in [0.29, 0.717) is 5.92 Å². The molecule has 0 saturated heterocycles. The van der Waals surface area contributed by atoms with E-state index in [9.17, 15) is 4.39 Å². The SMILES string of the molecule is CCCCCC1CCC(c2ccc(-c3c(C)ccc(F)c3C)cc2)CC1. The highest BCUT2D eigenvalue weighted by molar-refractivity contribution is 5.71. The molecule has 0 bridgehead atoms. The number of rotatable bonds is 6. The summed E-state index contributed by atoms with van der Waals surface area (Å²) in [6, 6.07) is 12.4. The minimum Gasteiger partial charge on any atom is -0.207 e. The van der Waals surface area contributed by atoms with Crippen molar-refractivity contribution in [1.82, 2.24) is 0 Å². The Hall–Kier alpha value is -1.63. The zero-order valence-corrected chi connectivity index (χ0v) is 16.7.